The first-order valence-electron chi connectivity index (χ1n) is 9.92. The van der Waals surface area contributed by atoms with Gasteiger partial charge in [0.15, 0.2) is 0 Å². The van der Waals surface area contributed by atoms with Crippen molar-refractivity contribution in [2.75, 3.05) is 23.3 Å². The first-order valence-corrected chi connectivity index (χ1v) is 12.2. The summed E-state index contributed by atoms with van der Waals surface area (Å²) in [6.45, 7) is 5.41. The van der Waals surface area contributed by atoms with E-state index in [1.165, 1.54) is 19.2 Å². The molecule has 3 aromatic rings. The predicted molar refractivity (Wildman–Crippen MR) is 131 cm³/mol. The number of carbonyl (C=O) groups is 1. The van der Waals surface area contributed by atoms with Crippen molar-refractivity contribution in [2.45, 2.75) is 25.7 Å². The Labute approximate surface area is 197 Å². The topological polar surface area (TPSA) is 75.7 Å². The quantitative estimate of drug-likeness (QED) is 0.467. The third-order valence-corrected chi connectivity index (χ3v) is 7.59. The molecule has 8 heteroatoms. The fraction of sp³-hybridized carbons (Fsp3) is 0.208. The molecule has 0 aromatic heterocycles. The zero-order valence-electron chi connectivity index (χ0n) is 18.3. The minimum absolute atomic E-state index is 0.0466. The van der Waals surface area contributed by atoms with Gasteiger partial charge >= 0.3 is 0 Å². The van der Waals surface area contributed by atoms with E-state index in [0.29, 0.717) is 21.6 Å². The SMILES string of the molecule is COc1ccc(S(=O)(=O)N(CC(=O)Nc2cccc(C)c2C)c2ccc(C)cc2)cc1Br. The number of aryl methyl sites for hydroxylation is 2. The molecule has 0 saturated heterocycles. The highest BCUT2D eigenvalue weighted by Gasteiger charge is 2.28. The summed E-state index contributed by atoms with van der Waals surface area (Å²) in [4.78, 5) is 13.0. The molecule has 0 spiro atoms. The van der Waals surface area contributed by atoms with Crippen LogP contribution in [-0.4, -0.2) is 28.0 Å². The number of carbonyl (C=O) groups excluding carboxylic acids is 1. The van der Waals surface area contributed by atoms with Crippen LogP contribution in [-0.2, 0) is 14.8 Å². The zero-order valence-corrected chi connectivity index (χ0v) is 20.7. The van der Waals surface area contributed by atoms with E-state index in [9.17, 15) is 13.2 Å². The number of halogens is 1. The molecule has 1 amide bonds. The molecule has 3 aromatic carbocycles. The van der Waals surface area contributed by atoms with Crippen molar-refractivity contribution in [1.82, 2.24) is 0 Å². The third-order valence-electron chi connectivity index (χ3n) is 5.20. The Bertz CT molecular complexity index is 1240. The number of hydrogen-bond donors (Lipinski definition) is 1. The van der Waals surface area contributed by atoms with Crippen molar-refractivity contribution >= 4 is 43.2 Å². The molecule has 6 nitrogen and oxygen atoms in total. The van der Waals surface area contributed by atoms with Crippen LogP contribution >= 0.6 is 15.9 Å². The molecule has 0 aliphatic rings. The van der Waals surface area contributed by atoms with Crippen molar-refractivity contribution < 1.29 is 17.9 Å². The van der Waals surface area contributed by atoms with Gasteiger partial charge in [-0.25, -0.2) is 8.42 Å². The van der Waals surface area contributed by atoms with Gasteiger partial charge in [-0.15, -0.1) is 0 Å². The van der Waals surface area contributed by atoms with Crippen LogP contribution in [0.1, 0.15) is 16.7 Å². The lowest BCUT2D eigenvalue weighted by atomic mass is 10.1. The third kappa shape index (κ3) is 5.14. The van der Waals surface area contributed by atoms with E-state index < -0.39 is 15.9 Å². The van der Waals surface area contributed by atoms with E-state index in [1.54, 1.807) is 24.3 Å². The molecule has 0 aliphatic heterocycles. The second-order valence-electron chi connectivity index (χ2n) is 7.44. The average molecular weight is 517 g/mol. The summed E-state index contributed by atoms with van der Waals surface area (Å²) in [6, 6.07) is 17.1. The number of ether oxygens (including phenoxy) is 1. The second-order valence-corrected chi connectivity index (χ2v) is 10.2. The summed E-state index contributed by atoms with van der Waals surface area (Å²) >= 11 is 3.34. The van der Waals surface area contributed by atoms with Crippen molar-refractivity contribution in [3.63, 3.8) is 0 Å². The Balaban J connectivity index is 1.98. The molecule has 0 fully saturated rings. The molecule has 3 rings (SSSR count). The predicted octanol–water partition coefficient (Wildman–Crippen LogP) is 5.22. The smallest absolute Gasteiger partial charge is 0.264 e. The number of amides is 1. The maximum atomic E-state index is 13.6. The summed E-state index contributed by atoms with van der Waals surface area (Å²) in [5, 5.41) is 2.84. The maximum absolute atomic E-state index is 13.6. The molecule has 32 heavy (non-hydrogen) atoms. The van der Waals surface area contributed by atoms with Crippen LogP contribution in [0.3, 0.4) is 0 Å². The molecule has 168 valence electrons. The van der Waals surface area contributed by atoms with Gasteiger partial charge in [0.05, 0.1) is 22.2 Å². The van der Waals surface area contributed by atoms with Gasteiger partial charge in [0.25, 0.3) is 10.0 Å². The van der Waals surface area contributed by atoms with Gasteiger partial charge in [-0.2, -0.15) is 0 Å². The minimum Gasteiger partial charge on any atom is -0.496 e. The summed E-state index contributed by atoms with van der Waals surface area (Å²) in [5.41, 5.74) is 4.01. The summed E-state index contributed by atoms with van der Waals surface area (Å²) < 4.78 is 33.9. The van der Waals surface area contributed by atoms with Crippen LogP contribution in [0, 0.1) is 20.8 Å². The Morgan fingerprint density at radius 3 is 2.34 bits per heavy atom. The van der Waals surface area contributed by atoms with Crippen LogP contribution in [0.15, 0.2) is 70.0 Å². The highest BCUT2D eigenvalue weighted by atomic mass is 79.9. The number of nitrogens with one attached hydrogen (secondary N) is 1. The minimum atomic E-state index is -4.03. The number of rotatable bonds is 7. The van der Waals surface area contributed by atoms with Gasteiger partial charge in [-0.1, -0.05) is 29.8 Å². The standard InChI is InChI=1S/C24H25BrN2O4S/c1-16-8-10-19(11-9-16)27(15-24(28)26-22-7-5-6-17(2)18(22)3)32(29,30)20-12-13-23(31-4)21(25)14-20/h5-14H,15H2,1-4H3,(H,26,28). The summed E-state index contributed by atoms with van der Waals surface area (Å²) in [7, 11) is -2.53. The molecule has 0 atom stereocenters. The number of nitrogens with zero attached hydrogens (tertiary/aromatic N) is 1. The van der Waals surface area contributed by atoms with E-state index in [4.69, 9.17) is 4.74 Å². The average Bonchev–Trinajstić information content (AvgIpc) is 2.76. The number of anilines is 2. The zero-order chi connectivity index (χ0) is 23.5. The highest BCUT2D eigenvalue weighted by Crippen LogP contribution is 2.31. The Morgan fingerprint density at radius 2 is 1.72 bits per heavy atom. The Morgan fingerprint density at radius 1 is 1.03 bits per heavy atom. The fourth-order valence-electron chi connectivity index (χ4n) is 3.17. The number of hydrogen-bond acceptors (Lipinski definition) is 4. The van der Waals surface area contributed by atoms with E-state index in [2.05, 4.69) is 21.2 Å². The first-order chi connectivity index (χ1) is 15.1. The largest absolute Gasteiger partial charge is 0.496 e. The van der Waals surface area contributed by atoms with E-state index in [-0.39, 0.29) is 11.4 Å². The molecule has 0 aliphatic carbocycles. The van der Waals surface area contributed by atoms with Crippen LogP contribution in [0.25, 0.3) is 0 Å². The van der Waals surface area contributed by atoms with Crippen LogP contribution < -0.4 is 14.4 Å². The van der Waals surface area contributed by atoms with Gasteiger partial charge in [0.1, 0.15) is 12.3 Å². The monoisotopic (exact) mass is 516 g/mol. The molecular weight excluding hydrogens is 492 g/mol. The van der Waals surface area contributed by atoms with Crippen LogP contribution in [0.2, 0.25) is 0 Å². The van der Waals surface area contributed by atoms with E-state index in [0.717, 1.165) is 21.0 Å². The van der Waals surface area contributed by atoms with Gasteiger partial charge < -0.3 is 10.1 Å². The lowest BCUT2D eigenvalue weighted by Gasteiger charge is -2.25. The number of sulfonamides is 1. The normalized spacial score (nSPS) is 11.2. The second kappa shape index (κ2) is 9.75. The molecule has 0 saturated carbocycles. The van der Waals surface area contributed by atoms with Crippen molar-refractivity contribution in [3.05, 3.63) is 81.8 Å². The van der Waals surface area contributed by atoms with Crippen molar-refractivity contribution in [3.8, 4) is 5.75 Å². The number of benzene rings is 3. The van der Waals surface area contributed by atoms with Gasteiger partial charge in [0.2, 0.25) is 5.91 Å². The highest BCUT2D eigenvalue weighted by molar-refractivity contribution is 9.10. The Hall–Kier alpha value is -2.84. The van der Waals surface area contributed by atoms with E-state index in [1.807, 2.05) is 45.0 Å². The Kier molecular flexibility index (Phi) is 7.26. The lowest BCUT2D eigenvalue weighted by Crippen LogP contribution is -2.38. The molecule has 0 radical (unpaired) electrons. The molecule has 0 heterocycles. The van der Waals surface area contributed by atoms with E-state index >= 15 is 0 Å². The molecule has 0 bridgehead atoms. The van der Waals surface area contributed by atoms with Crippen molar-refractivity contribution in [1.29, 1.82) is 0 Å². The molecular formula is C24H25BrN2O4S. The van der Waals surface area contributed by atoms with Gasteiger partial charge in [-0.05, 0) is 84.2 Å². The van der Waals surface area contributed by atoms with Gasteiger partial charge in [0, 0.05) is 5.69 Å². The molecule has 0 unspecified atom stereocenters. The summed E-state index contributed by atoms with van der Waals surface area (Å²) in [6.07, 6.45) is 0. The van der Waals surface area contributed by atoms with Crippen LogP contribution in [0.5, 0.6) is 5.75 Å². The van der Waals surface area contributed by atoms with Gasteiger partial charge in [-0.3, -0.25) is 9.10 Å². The fourth-order valence-corrected chi connectivity index (χ4v) is 5.31. The van der Waals surface area contributed by atoms with Crippen molar-refractivity contribution in [2.24, 2.45) is 0 Å². The van der Waals surface area contributed by atoms with Crippen LogP contribution in [0.4, 0.5) is 11.4 Å². The summed E-state index contributed by atoms with van der Waals surface area (Å²) in [5.74, 6) is 0.0777. The number of methoxy groups -OCH3 is 1. The first kappa shape index (κ1) is 23.8. The molecule has 1 N–H and O–H groups in total. The maximum Gasteiger partial charge on any atom is 0.264 e. The lowest BCUT2D eigenvalue weighted by molar-refractivity contribution is -0.114.